The second kappa shape index (κ2) is 10.9. The number of alkyl carbamates (subject to hydrolysis) is 1. The molecule has 3 aliphatic heterocycles. The maximum absolute atomic E-state index is 13.7. The van der Waals surface area contributed by atoms with Crippen molar-refractivity contribution in [1.29, 1.82) is 0 Å². The molecule has 4 bridgehead atoms. The third kappa shape index (κ3) is 6.54. The zero-order valence-corrected chi connectivity index (χ0v) is 23.4. The fraction of sp³-hybridized carbons (Fsp3) is 0.586. The molecule has 0 radical (unpaired) electrons. The van der Waals surface area contributed by atoms with Crippen molar-refractivity contribution in [1.82, 2.24) is 15.1 Å². The second-order valence-corrected chi connectivity index (χ2v) is 12.6. The van der Waals surface area contributed by atoms with E-state index >= 15 is 0 Å². The SMILES string of the molecule is CC1(C)C/C=C\Cc2cccc3c2CN(C3)C(=O)OC2C[C@@H](C(=O)O)N(C2)C(=O)[C@H](C(C)(C)C)NC(=O)OC1. The molecule has 0 aliphatic carbocycles. The zero-order valence-electron chi connectivity index (χ0n) is 23.4. The molecule has 10 nitrogen and oxygen atoms in total. The van der Waals surface area contributed by atoms with E-state index in [0.29, 0.717) is 25.9 Å². The monoisotopic (exact) mass is 541 g/mol. The molecule has 39 heavy (non-hydrogen) atoms. The smallest absolute Gasteiger partial charge is 0.410 e. The normalized spacial score (nSPS) is 26.9. The summed E-state index contributed by atoms with van der Waals surface area (Å²) in [4.78, 5) is 54.5. The molecule has 1 fully saturated rings. The Balaban J connectivity index is 1.63. The fourth-order valence-corrected chi connectivity index (χ4v) is 5.30. The number of hydrogen-bond acceptors (Lipinski definition) is 6. The van der Waals surface area contributed by atoms with Gasteiger partial charge in [-0.3, -0.25) is 9.69 Å². The van der Waals surface area contributed by atoms with Gasteiger partial charge in [0.1, 0.15) is 18.2 Å². The number of amides is 3. The standard InChI is InChI=1S/C29H39N3O7/c1-28(2,3)23-24(33)32-15-20(13-22(32)25(34)35)39-27(37)31-14-19-11-8-10-18(21(19)16-31)9-6-7-12-29(4,5)17-38-26(36)30-23/h6-8,10-11,20,22-23H,9,12-17H2,1-5H3,(H,30,36)(H,34,35)/b7-6-/t20?,22-,23+/m0/s1. The summed E-state index contributed by atoms with van der Waals surface area (Å²) in [6, 6.07) is 3.80. The van der Waals surface area contributed by atoms with Crippen LogP contribution >= 0.6 is 0 Å². The summed E-state index contributed by atoms with van der Waals surface area (Å²) in [5, 5.41) is 12.5. The van der Waals surface area contributed by atoms with Crippen LogP contribution in [-0.2, 0) is 38.6 Å². The number of aliphatic carboxylic acids is 1. The van der Waals surface area contributed by atoms with Gasteiger partial charge in [-0.2, -0.15) is 0 Å². The highest BCUT2D eigenvalue weighted by Gasteiger charge is 2.46. The van der Waals surface area contributed by atoms with Crippen LogP contribution < -0.4 is 5.32 Å². The highest BCUT2D eigenvalue weighted by Crippen LogP contribution is 2.31. The third-order valence-corrected chi connectivity index (χ3v) is 7.58. The summed E-state index contributed by atoms with van der Waals surface area (Å²) < 4.78 is 11.2. The van der Waals surface area contributed by atoms with Crippen LogP contribution in [0, 0.1) is 10.8 Å². The number of ether oxygens (including phenoxy) is 2. The maximum Gasteiger partial charge on any atom is 0.410 e. The van der Waals surface area contributed by atoms with Gasteiger partial charge in [0.05, 0.1) is 13.2 Å². The molecule has 0 saturated carbocycles. The van der Waals surface area contributed by atoms with Crippen molar-refractivity contribution >= 4 is 24.1 Å². The first-order chi connectivity index (χ1) is 18.2. The molecular weight excluding hydrogens is 502 g/mol. The maximum atomic E-state index is 13.7. The van der Waals surface area contributed by atoms with Gasteiger partial charge >= 0.3 is 18.2 Å². The first-order valence-electron chi connectivity index (χ1n) is 13.4. The van der Waals surface area contributed by atoms with Crippen LogP contribution in [0.15, 0.2) is 30.4 Å². The van der Waals surface area contributed by atoms with Gasteiger partial charge in [0.2, 0.25) is 5.91 Å². The van der Waals surface area contributed by atoms with Gasteiger partial charge in [0, 0.05) is 24.9 Å². The molecule has 10 heteroatoms. The van der Waals surface area contributed by atoms with E-state index in [1.807, 2.05) is 32.0 Å². The number of benzene rings is 1. The Kier molecular flexibility index (Phi) is 7.95. The second-order valence-electron chi connectivity index (χ2n) is 12.6. The molecule has 4 rings (SSSR count). The van der Waals surface area contributed by atoms with Gasteiger partial charge in [-0.1, -0.05) is 65.0 Å². The van der Waals surface area contributed by atoms with E-state index in [-0.39, 0.29) is 25.0 Å². The van der Waals surface area contributed by atoms with E-state index < -0.39 is 47.7 Å². The van der Waals surface area contributed by atoms with E-state index in [1.54, 1.807) is 25.7 Å². The van der Waals surface area contributed by atoms with Crippen LogP contribution in [0.3, 0.4) is 0 Å². The van der Waals surface area contributed by atoms with Crippen LogP contribution in [0.4, 0.5) is 9.59 Å². The molecule has 0 spiro atoms. The number of carboxylic acid groups (broad SMARTS) is 1. The number of rotatable bonds is 1. The number of fused-ring (bicyclic) bond motifs is 3. The highest BCUT2D eigenvalue weighted by atomic mass is 16.6. The molecule has 1 aromatic carbocycles. The van der Waals surface area contributed by atoms with Crippen LogP contribution in [0.25, 0.3) is 0 Å². The minimum atomic E-state index is -1.19. The van der Waals surface area contributed by atoms with E-state index in [0.717, 1.165) is 16.7 Å². The minimum Gasteiger partial charge on any atom is -0.480 e. The Hall–Kier alpha value is -3.56. The lowest BCUT2D eigenvalue weighted by atomic mass is 9.85. The number of carboxylic acids is 1. The van der Waals surface area contributed by atoms with Crippen molar-refractivity contribution < 1.29 is 33.8 Å². The molecule has 1 saturated heterocycles. The molecule has 0 aromatic heterocycles. The summed E-state index contributed by atoms with van der Waals surface area (Å²) in [5.41, 5.74) is 2.20. The Morgan fingerprint density at radius 2 is 1.82 bits per heavy atom. The molecular formula is C29H39N3O7. The van der Waals surface area contributed by atoms with E-state index in [9.17, 15) is 24.3 Å². The molecule has 1 aromatic rings. The molecule has 3 atom stereocenters. The van der Waals surface area contributed by atoms with Crippen molar-refractivity contribution in [3.8, 4) is 0 Å². The van der Waals surface area contributed by atoms with Gasteiger partial charge in [-0.25, -0.2) is 14.4 Å². The summed E-state index contributed by atoms with van der Waals surface area (Å²) in [6.07, 6.45) is 3.43. The van der Waals surface area contributed by atoms with E-state index in [1.165, 1.54) is 4.90 Å². The molecule has 3 amide bonds. The van der Waals surface area contributed by atoms with Gasteiger partial charge in [0.15, 0.2) is 0 Å². The van der Waals surface area contributed by atoms with E-state index in [4.69, 9.17) is 9.47 Å². The van der Waals surface area contributed by atoms with Crippen molar-refractivity contribution in [3.05, 3.63) is 47.0 Å². The zero-order chi connectivity index (χ0) is 28.5. The van der Waals surface area contributed by atoms with Crippen LogP contribution in [-0.4, -0.2) is 70.3 Å². The lowest BCUT2D eigenvalue weighted by Crippen LogP contribution is -2.57. The third-order valence-electron chi connectivity index (χ3n) is 7.58. The van der Waals surface area contributed by atoms with Crippen LogP contribution in [0.2, 0.25) is 0 Å². The van der Waals surface area contributed by atoms with Crippen molar-refractivity contribution in [2.45, 2.75) is 85.2 Å². The lowest BCUT2D eigenvalue weighted by Gasteiger charge is -2.34. The summed E-state index contributed by atoms with van der Waals surface area (Å²) in [7, 11) is 0. The molecule has 3 aliphatic rings. The number of hydrogen-bond donors (Lipinski definition) is 2. The molecule has 2 N–H and O–H groups in total. The number of carbonyl (C=O) groups is 4. The minimum absolute atomic E-state index is 0.0286. The predicted molar refractivity (Wildman–Crippen MR) is 143 cm³/mol. The van der Waals surface area contributed by atoms with Crippen molar-refractivity contribution in [3.63, 3.8) is 0 Å². The van der Waals surface area contributed by atoms with Crippen LogP contribution in [0.1, 0.15) is 64.2 Å². The molecule has 212 valence electrons. The Bertz CT molecular complexity index is 1170. The Labute approximate surface area is 229 Å². The van der Waals surface area contributed by atoms with Crippen molar-refractivity contribution in [2.24, 2.45) is 10.8 Å². The van der Waals surface area contributed by atoms with Gasteiger partial charge in [-0.05, 0) is 34.9 Å². The average molecular weight is 542 g/mol. The fourth-order valence-electron chi connectivity index (χ4n) is 5.30. The summed E-state index contributed by atoms with van der Waals surface area (Å²) >= 11 is 0. The van der Waals surface area contributed by atoms with Gasteiger partial charge < -0.3 is 24.8 Å². The topological polar surface area (TPSA) is 125 Å². The number of allylic oxidation sites excluding steroid dienone is 2. The largest absolute Gasteiger partial charge is 0.480 e. The van der Waals surface area contributed by atoms with Gasteiger partial charge in [-0.15, -0.1) is 0 Å². The number of cyclic esters (lactones) is 1. The number of nitrogens with one attached hydrogen (secondary N) is 1. The van der Waals surface area contributed by atoms with Crippen molar-refractivity contribution in [2.75, 3.05) is 13.2 Å². The van der Waals surface area contributed by atoms with Gasteiger partial charge in [0.25, 0.3) is 0 Å². The van der Waals surface area contributed by atoms with Crippen LogP contribution in [0.5, 0.6) is 0 Å². The predicted octanol–water partition coefficient (Wildman–Crippen LogP) is 3.86. The average Bonchev–Trinajstić information content (AvgIpc) is 3.47. The Morgan fingerprint density at radius 1 is 1.10 bits per heavy atom. The molecule has 1 unspecified atom stereocenters. The van der Waals surface area contributed by atoms with E-state index in [2.05, 4.69) is 17.5 Å². The number of nitrogens with zero attached hydrogens (tertiary/aromatic N) is 2. The molecule has 3 heterocycles. The lowest BCUT2D eigenvalue weighted by molar-refractivity contribution is -0.150. The summed E-state index contributed by atoms with van der Waals surface area (Å²) in [5.74, 6) is -1.75. The highest BCUT2D eigenvalue weighted by molar-refractivity contribution is 5.90. The first kappa shape index (κ1) is 28.4. The summed E-state index contributed by atoms with van der Waals surface area (Å²) in [6.45, 7) is 10.2. The number of carbonyl (C=O) groups excluding carboxylic acids is 3. The first-order valence-corrected chi connectivity index (χ1v) is 13.4. The Morgan fingerprint density at radius 3 is 2.51 bits per heavy atom. The quantitative estimate of drug-likeness (QED) is 0.517.